The molecule has 0 N–H and O–H groups in total. The zero-order chi connectivity index (χ0) is 31.3. The predicted molar refractivity (Wildman–Crippen MR) is 208 cm³/mol. The zero-order valence-corrected chi connectivity index (χ0v) is 26.6. The van der Waals surface area contributed by atoms with E-state index in [0.717, 1.165) is 11.2 Å². The van der Waals surface area contributed by atoms with Gasteiger partial charge in [0, 0.05) is 30.9 Å². The van der Waals surface area contributed by atoms with Crippen LogP contribution in [0.5, 0.6) is 0 Å². The summed E-state index contributed by atoms with van der Waals surface area (Å²) in [7, 11) is 0. The fraction of sp³-hybridized carbons (Fsp3) is 0. The Labute approximate surface area is 279 Å². The average molecular weight is 627 g/mol. The Morgan fingerprint density at radius 2 is 0.979 bits per heavy atom. The molecule has 0 unspecified atom stereocenters. The minimum absolute atomic E-state index is 0.941. The maximum absolute atomic E-state index is 6.46. The summed E-state index contributed by atoms with van der Waals surface area (Å²) in [5, 5.41) is 15.0. The second-order valence-corrected chi connectivity index (χ2v) is 13.9. The van der Waals surface area contributed by atoms with E-state index in [2.05, 4.69) is 158 Å². The maximum Gasteiger partial charge on any atom is 0.136 e. The van der Waals surface area contributed by atoms with Gasteiger partial charge >= 0.3 is 0 Å². The second kappa shape index (κ2) is 9.78. The average Bonchev–Trinajstić information content (AvgIpc) is 3.69. The number of hydrogen-bond acceptors (Lipinski definition) is 2. The van der Waals surface area contributed by atoms with E-state index >= 15 is 0 Å². The highest BCUT2D eigenvalue weighted by Gasteiger charge is 2.20. The van der Waals surface area contributed by atoms with Gasteiger partial charge in [0.05, 0.1) is 0 Å². The first-order chi connectivity index (χ1) is 23.8. The molecule has 2 aromatic heterocycles. The zero-order valence-electron chi connectivity index (χ0n) is 25.8. The molecule has 48 heavy (non-hydrogen) atoms. The molecule has 11 rings (SSSR count). The van der Waals surface area contributed by atoms with Crippen LogP contribution < -0.4 is 0 Å². The van der Waals surface area contributed by atoms with Gasteiger partial charge < -0.3 is 4.42 Å². The van der Waals surface area contributed by atoms with Gasteiger partial charge in [-0.1, -0.05) is 127 Å². The van der Waals surface area contributed by atoms with Crippen molar-refractivity contribution in [2.45, 2.75) is 0 Å². The summed E-state index contributed by atoms with van der Waals surface area (Å²) >= 11 is 1.87. The molecule has 0 aliphatic rings. The lowest BCUT2D eigenvalue weighted by molar-refractivity contribution is 0.670. The number of thiophene rings is 1. The molecule has 0 saturated heterocycles. The molecule has 2 heterocycles. The lowest BCUT2D eigenvalue weighted by Gasteiger charge is -2.18. The largest absolute Gasteiger partial charge is 0.456 e. The van der Waals surface area contributed by atoms with Gasteiger partial charge in [0.25, 0.3) is 0 Å². The van der Waals surface area contributed by atoms with E-state index in [0.29, 0.717) is 0 Å². The molecule has 1 nitrogen and oxygen atoms in total. The summed E-state index contributed by atoms with van der Waals surface area (Å²) in [6, 6.07) is 57.8. The normalized spacial score (nSPS) is 12.2. The molecule has 0 radical (unpaired) electrons. The topological polar surface area (TPSA) is 13.1 Å². The molecule has 0 aliphatic carbocycles. The highest BCUT2D eigenvalue weighted by Crippen LogP contribution is 2.48. The van der Waals surface area contributed by atoms with Crippen LogP contribution in [-0.2, 0) is 0 Å². The van der Waals surface area contributed by atoms with Crippen molar-refractivity contribution in [2.24, 2.45) is 0 Å². The first-order valence-electron chi connectivity index (χ1n) is 16.4. The third-order valence-electron chi connectivity index (χ3n) is 10.2. The summed E-state index contributed by atoms with van der Waals surface area (Å²) in [6.45, 7) is 0. The monoisotopic (exact) mass is 626 g/mol. The van der Waals surface area contributed by atoms with Crippen molar-refractivity contribution in [1.82, 2.24) is 0 Å². The van der Waals surface area contributed by atoms with E-state index in [9.17, 15) is 0 Å². The van der Waals surface area contributed by atoms with Crippen LogP contribution in [0.3, 0.4) is 0 Å². The Balaban J connectivity index is 1.20. The minimum atomic E-state index is 0.941. The quantitative estimate of drug-likeness (QED) is 0.174. The number of furan rings is 1. The van der Waals surface area contributed by atoms with Crippen LogP contribution in [0.25, 0.3) is 107 Å². The van der Waals surface area contributed by atoms with Gasteiger partial charge in [0.15, 0.2) is 0 Å². The lowest BCUT2D eigenvalue weighted by atomic mass is 9.84. The molecule has 9 aromatic carbocycles. The predicted octanol–water partition coefficient (Wildman–Crippen LogP) is 13.9. The van der Waals surface area contributed by atoms with Crippen molar-refractivity contribution in [3.63, 3.8) is 0 Å². The maximum atomic E-state index is 6.46. The Hall–Kier alpha value is -5.96. The summed E-state index contributed by atoms with van der Waals surface area (Å²) in [5.74, 6) is 0. The molecule has 0 saturated carbocycles. The van der Waals surface area contributed by atoms with E-state index in [4.69, 9.17) is 4.42 Å². The molecule has 0 fully saturated rings. The number of rotatable bonds is 2. The number of fused-ring (bicyclic) bond motifs is 11. The van der Waals surface area contributed by atoms with Crippen LogP contribution in [0.15, 0.2) is 162 Å². The Kier molecular flexibility index (Phi) is 5.32. The van der Waals surface area contributed by atoms with Crippen molar-refractivity contribution >= 4 is 96.5 Å². The minimum Gasteiger partial charge on any atom is -0.456 e. The van der Waals surface area contributed by atoms with Crippen molar-refractivity contribution in [3.05, 3.63) is 158 Å². The third-order valence-corrected chi connectivity index (χ3v) is 11.3. The lowest BCUT2D eigenvalue weighted by Crippen LogP contribution is -1.91. The molecule has 0 amide bonds. The van der Waals surface area contributed by atoms with Gasteiger partial charge in [-0.15, -0.1) is 11.3 Å². The fourth-order valence-electron chi connectivity index (χ4n) is 8.15. The number of benzene rings is 9. The Bertz CT molecular complexity index is 3060. The molecule has 2 heteroatoms. The molecule has 0 bridgehead atoms. The first-order valence-corrected chi connectivity index (χ1v) is 17.2. The Morgan fingerprint density at radius 3 is 1.73 bits per heavy atom. The first kappa shape index (κ1) is 26.1. The SMILES string of the molecule is c1ccc2cc3c(cc2c1)oc1ccc2sc4cc(-c5c6ccccc6c(-c6cccc7ccccc67)c6ccccc56)ccc4c2c13. The standard InChI is InChI=1S/C46H26OS/c1-2-12-29-25-40-38(24-28(29)11-1)45-39(47-40)22-23-41-46(45)37-21-20-30(26-42(37)48-41)43-33-15-5-7-17-35(33)44(36-18-8-6-16-34(36)43)32-19-9-13-27-10-3-4-14-31(27)32/h1-26H. The van der Waals surface area contributed by atoms with Crippen LogP contribution in [0.4, 0.5) is 0 Å². The van der Waals surface area contributed by atoms with Crippen LogP contribution in [0, 0.1) is 0 Å². The fourth-order valence-corrected chi connectivity index (χ4v) is 9.30. The van der Waals surface area contributed by atoms with Gasteiger partial charge in [0.2, 0.25) is 0 Å². The van der Waals surface area contributed by atoms with Crippen molar-refractivity contribution in [2.75, 3.05) is 0 Å². The molecular formula is C46H26OS. The second-order valence-electron chi connectivity index (χ2n) is 12.8. The molecule has 222 valence electrons. The summed E-state index contributed by atoms with van der Waals surface area (Å²) < 4.78 is 9.03. The van der Waals surface area contributed by atoms with Crippen LogP contribution >= 0.6 is 11.3 Å². The van der Waals surface area contributed by atoms with E-state index in [1.807, 2.05) is 11.3 Å². The van der Waals surface area contributed by atoms with E-state index in [1.54, 1.807) is 0 Å². The highest BCUT2D eigenvalue weighted by atomic mass is 32.1. The summed E-state index contributed by atoms with van der Waals surface area (Å²) in [4.78, 5) is 0. The van der Waals surface area contributed by atoms with Gasteiger partial charge in [-0.2, -0.15) is 0 Å². The van der Waals surface area contributed by atoms with Crippen LogP contribution in [0.1, 0.15) is 0 Å². The van der Waals surface area contributed by atoms with Crippen molar-refractivity contribution < 1.29 is 4.42 Å². The highest BCUT2D eigenvalue weighted by molar-refractivity contribution is 7.26. The Morgan fingerprint density at radius 1 is 0.354 bits per heavy atom. The summed E-state index contributed by atoms with van der Waals surface area (Å²) in [6.07, 6.45) is 0. The van der Waals surface area contributed by atoms with Gasteiger partial charge in [-0.3, -0.25) is 0 Å². The summed E-state index contributed by atoms with van der Waals surface area (Å²) in [5.41, 5.74) is 6.98. The number of hydrogen-bond donors (Lipinski definition) is 0. The molecule has 0 atom stereocenters. The molecular weight excluding hydrogens is 601 g/mol. The molecule has 11 aromatic rings. The van der Waals surface area contributed by atoms with Crippen LogP contribution in [0.2, 0.25) is 0 Å². The smallest absolute Gasteiger partial charge is 0.136 e. The molecule has 0 aliphatic heterocycles. The van der Waals surface area contributed by atoms with Gasteiger partial charge in [0.1, 0.15) is 11.2 Å². The third kappa shape index (κ3) is 3.61. The van der Waals surface area contributed by atoms with Crippen molar-refractivity contribution in [3.8, 4) is 22.3 Å². The van der Waals surface area contributed by atoms with Gasteiger partial charge in [-0.25, -0.2) is 0 Å². The van der Waals surface area contributed by atoms with Gasteiger partial charge in [-0.05, 0) is 95.7 Å². The van der Waals surface area contributed by atoms with Crippen molar-refractivity contribution in [1.29, 1.82) is 0 Å². The van der Waals surface area contributed by atoms with E-state index < -0.39 is 0 Å². The van der Waals surface area contributed by atoms with E-state index in [-0.39, 0.29) is 0 Å². The molecule has 0 spiro atoms. The van der Waals surface area contributed by atoms with E-state index in [1.165, 1.54) is 96.3 Å². The van der Waals surface area contributed by atoms with Crippen LogP contribution in [-0.4, -0.2) is 0 Å².